The zero-order chi connectivity index (χ0) is 13.4. The van der Waals surface area contributed by atoms with Crippen LogP contribution in [0.4, 0.5) is 4.79 Å². The van der Waals surface area contributed by atoms with Gasteiger partial charge in [-0.25, -0.2) is 9.59 Å². The van der Waals surface area contributed by atoms with Crippen LogP contribution in [0.25, 0.3) is 0 Å². The molecule has 0 fully saturated rings. The Kier molecular flexibility index (Phi) is 6.69. The van der Waals surface area contributed by atoms with Gasteiger partial charge < -0.3 is 20.6 Å². The number of carbonyl (C=O) groups is 3. The third-order valence-electron chi connectivity index (χ3n) is 2.37. The first-order valence-corrected chi connectivity index (χ1v) is 5.38. The molecule has 0 aromatic carbocycles. The van der Waals surface area contributed by atoms with Crippen molar-refractivity contribution >= 4 is 17.9 Å². The summed E-state index contributed by atoms with van der Waals surface area (Å²) in [4.78, 5) is 34.4. The number of hydrogen-bond donors (Lipinski definition) is 3. The van der Waals surface area contributed by atoms with Crippen molar-refractivity contribution in [1.29, 1.82) is 0 Å². The second-order valence-corrected chi connectivity index (χ2v) is 3.53. The van der Waals surface area contributed by atoms with E-state index in [0.29, 0.717) is 6.42 Å². The molecular weight excluding hydrogens is 226 g/mol. The number of likely N-dealkylation sites (N-methyl/N-ethyl adjacent to an activating group) is 1. The molecule has 0 rings (SSSR count). The normalized spacial score (nSPS) is 11.5. The van der Waals surface area contributed by atoms with Crippen molar-refractivity contribution < 1.29 is 19.5 Å². The van der Waals surface area contributed by atoms with E-state index < -0.39 is 18.0 Å². The molecule has 7 heteroatoms. The molecule has 0 bridgehead atoms. The van der Waals surface area contributed by atoms with Gasteiger partial charge in [-0.05, 0) is 6.42 Å². The predicted octanol–water partition coefficient (Wildman–Crippen LogP) is -0.373. The summed E-state index contributed by atoms with van der Waals surface area (Å²) < 4.78 is 0. The fourth-order valence-corrected chi connectivity index (χ4v) is 1.29. The number of nitrogens with zero attached hydrogens (tertiary/aromatic N) is 1. The van der Waals surface area contributed by atoms with Crippen LogP contribution in [-0.2, 0) is 9.59 Å². The zero-order valence-electron chi connectivity index (χ0n) is 10.3. The first-order chi connectivity index (χ1) is 7.93. The Morgan fingerprint density at radius 3 is 2.35 bits per heavy atom. The zero-order valence-corrected chi connectivity index (χ0v) is 10.3. The van der Waals surface area contributed by atoms with Crippen LogP contribution in [-0.4, -0.2) is 54.6 Å². The number of aliphatic carboxylic acids is 1. The highest BCUT2D eigenvalue weighted by Gasteiger charge is 2.24. The van der Waals surface area contributed by atoms with E-state index in [9.17, 15) is 14.4 Å². The van der Waals surface area contributed by atoms with Gasteiger partial charge in [0.25, 0.3) is 0 Å². The van der Waals surface area contributed by atoms with Crippen LogP contribution in [0.3, 0.4) is 0 Å². The Morgan fingerprint density at radius 1 is 1.35 bits per heavy atom. The molecule has 0 saturated carbocycles. The smallest absolute Gasteiger partial charge is 0.326 e. The van der Waals surface area contributed by atoms with Crippen molar-refractivity contribution in [1.82, 2.24) is 15.5 Å². The van der Waals surface area contributed by atoms with Gasteiger partial charge in [0.1, 0.15) is 6.04 Å². The Bertz CT molecular complexity index is 293. The van der Waals surface area contributed by atoms with E-state index >= 15 is 0 Å². The molecule has 3 N–H and O–H groups in total. The van der Waals surface area contributed by atoms with E-state index in [4.69, 9.17) is 5.11 Å². The second kappa shape index (κ2) is 7.48. The maximum absolute atomic E-state index is 11.5. The number of rotatable bonds is 6. The van der Waals surface area contributed by atoms with E-state index in [1.165, 1.54) is 14.1 Å². The topological polar surface area (TPSA) is 98.7 Å². The molecule has 7 nitrogen and oxygen atoms in total. The molecule has 98 valence electrons. The molecule has 0 aromatic rings. The maximum Gasteiger partial charge on any atom is 0.326 e. The minimum atomic E-state index is -1.04. The molecule has 0 saturated heterocycles. The van der Waals surface area contributed by atoms with Gasteiger partial charge in [-0.3, -0.25) is 4.79 Å². The monoisotopic (exact) mass is 245 g/mol. The number of nitrogens with one attached hydrogen (secondary N) is 2. The van der Waals surface area contributed by atoms with E-state index in [0.717, 1.165) is 4.90 Å². The lowest BCUT2D eigenvalue weighted by molar-refractivity contribution is -0.141. The van der Waals surface area contributed by atoms with Crippen molar-refractivity contribution in [3.63, 3.8) is 0 Å². The SMILES string of the molecule is CCC(C(=O)O)N(C)C(=O)NCCC(=O)NC. The van der Waals surface area contributed by atoms with Crippen LogP contribution < -0.4 is 10.6 Å². The highest BCUT2D eigenvalue weighted by molar-refractivity contribution is 5.83. The molecule has 0 spiro atoms. The van der Waals surface area contributed by atoms with Gasteiger partial charge in [-0.15, -0.1) is 0 Å². The molecule has 3 amide bonds. The molecule has 0 heterocycles. The van der Waals surface area contributed by atoms with Crippen molar-refractivity contribution in [3.05, 3.63) is 0 Å². The molecule has 0 aromatic heterocycles. The Morgan fingerprint density at radius 2 is 1.94 bits per heavy atom. The first kappa shape index (κ1) is 15.2. The third-order valence-corrected chi connectivity index (χ3v) is 2.37. The van der Waals surface area contributed by atoms with Gasteiger partial charge >= 0.3 is 12.0 Å². The van der Waals surface area contributed by atoms with E-state index in [-0.39, 0.29) is 18.9 Å². The molecule has 0 aliphatic rings. The summed E-state index contributed by atoms with van der Waals surface area (Å²) in [6.07, 6.45) is 0.495. The van der Waals surface area contributed by atoms with Crippen LogP contribution in [0, 0.1) is 0 Å². The average molecular weight is 245 g/mol. The van der Waals surface area contributed by atoms with Crippen LogP contribution in [0.1, 0.15) is 19.8 Å². The average Bonchev–Trinajstić information content (AvgIpc) is 2.28. The van der Waals surface area contributed by atoms with Crippen LogP contribution in [0.2, 0.25) is 0 Å². The standard InChI is InChI=1S/C10H19N3O4/c1-4-7(9(15)16)13(3)10(17)12-6-5-8(14)11-2/h7H,4-6H2,1-3H3,(H,11,14)(H,12,17)(H,15,16). The summed E-state index contributed by atoms with van der Waals surface area (Å²) >= 11 is 0. The second-order valence-electron chi connectivity index (χ2n) is 3.53. The van der Waals surface area contributed by atoms with Crippen molar-refractivity contribution in [2.45, 2.75) is 25.8 Å². The summed E-state index contributed by atoms with van der Waals surface area (Å²) in [7, 11) is 2.92. The maximum atomic E-state index is 11.5. The fraction of sp³-hybridized carbons (Fsp3) is 0.700. The number of carbonyl (C=O) groups excluding carboxylic acids is 2. The molecule has 0 aliphatic carbocycles. The quantitative estimate of drug-likeness (QED) is 0.594. The first-order valence-electron chi connectivity index (χ1n) is 5.38. The van der Waals surface area contributed by atoms with Crippen LogP contribution in [0.5, 0.6) is 0 Å². The Balaban J connectivity index is 4.13. The lowest BCUT2D eigenvalue weighted by atomic mass is 10.2. The van der Waals surface area contributed by atoms with E-state index in [2.05, 4.69) is 10.6 Å². The summed E-state index contributed by atoms with van der Waals surface area (Å²) in [6.45, 7) is 1.87. The summed E-state index contributed by atoms with van der Waals surface area (Å²) in [5.41, 5.74) is 0. The van der Waals surface area contributed by atoms with Gasteiger partial charge in [0.05, 0.1) is 0 Å². The number of urea groups is 1. The lowest BCUT2D eigenvalue weighted by Gasteiger charge is -2.23. The molecule has 0 radical (unpaired) electrons. The summed E-state index contributed by atoms with van der Waals surface area (Å²) in [6, 6.07) is -1.35. The Hall–Kier alpha value is -1.79. The van der Waals surface area contributed by atoms with Crippen molar-refractivity contribution in [2.24, 2.45) is 0 Å². The van der Waals surface area contributed by atoms with E-state index in [1.54, 1.807) is 6.92 Å². The van der Waals surface area contributed by atoms with Gasteiger partial charge in [0.15, 0.2) is 0 Å². The van der Waals surface area contributed by atoms with Crippen LogP contribution >= 0.6 is 0 Å². The largest absolute Gasteiger partial charge is 0.480 e. The van der Waals surface area contributed by atoms with Gasteiger partial charge in [-0.2, -0.15) is 0 Å². The fourth-order valence-electron chi connectivity index (χ4n) is 1.29. The highest BCUT2D eigenvalue weighted by Crippen LogP contribution is 2.01. The summed E-state index contributed by atoms with van der Waals surface area (Å²) in [5, 5.41) is 13.8. The van der Waals surface area contributed by atoms with Gasteiger partial charge in [-0.1, -0.05) is 6.92 Å². The number of carboxylic acid groups (broad SMARTS) is 1. The van der Waals surface area contributed by atoms with E-state index in [1.807, 2.05) is 0 Å². The minimum Gasteiger partial charge on any atom is -0.480 e. The highest BCUT2D eigenvalue weighted by atomic mass is 16.4. The van der Waals surface area contributed by atoms with Crippen molar-refractivity contribution in [2.75, 3.05) is 20.6 Å². The minimum absolute atomic E-state index is 0.167. The number of carboxylic acids is 1. The molecule has 1 unspecified atom stereocenters. The Labute approximate surface area is 100 Å². The van der Waals surface area contributed by atoms with Crippen LogP contribution in [0.15, 0.2) is 0 Å². The third kappa shape index (κ3) is 5.19. The van der Waals surface area contributed by atoms with Gasteiger partial charge in [0.2, 0.25) is 5.91 Å². The van der Waals surface area contributed by atoms with Gasteiger partial charge in [0, 0.05) is 27.1 Å². The summed E-state index contributed by atoms with van der Waals surface area (Å²) in [5.74, 6) is -1.23. The molecule has 0 aliphatic heterocycles. The molecule has 1 atom stereocenters. The number of amides is 3. The van der Waals surface area contributed by atoms with Crippen molar-refractivity contribution in [3.8, 4) is 0 Å². The number of hydrogen-bond acceptors (Lipinski definition) is 3. The predicted molar refractivity (Wildman–Crippen MR) is 61.6 cm³/mol. The lowest BCUT2D eigenvalue weighted by Crippen LogP contribution is -2.47. The molecule has 17 heavy (non-hydrogen) atoms. The molecular formula is C10H19N3O4.